The van der Waals surface area contributed by atoms with Gasteiger partial charge in [0.05, 0.1) is 34.7 Å². The average molecular weight is 724 g/mol. The van der Waals surface area contributed by atoms with Crippen molar-refractivity contribution in [2.75, 3.05) is 17.7 Å². The zero-order valence-corrected chi connectivity index (χ0v) is 27.5. The SMILES string of the molecule is CC(OCCS(=O)(=O)c1ccccn1)C1(c2cc3c(Nc4ccc(OCc5cccc(F)c5)c(Br)c4)ncnc3cc2F)CC=CO1. The topological polar surface area (TPSA) is 113 Å². The molecule has 2 atom stereocenters. The van der Waals surface area contributed by atoms with Gasteiger partial charge in [-0.1, -0.05) is 18.2 Å². The highest BCUT2D eigenvalue weighted by atomic mass is 79.9. The standard InChI is InChI=1S/C34H29BrF2N4O5S/c1-22(44-14-15-47(42,43)32-8-2-3-12-38-32)34(11-5-13-46-34)27-18-26-30(19-29(27)37)39-21-40-33(26)41-25-9-10-31(28(35)17-25)45-20-23-6-4-7-24(36)16-23/h2-10,12-13,16-19,21-22H,11,14-15,20H2,1H3,(H,39,40,41). The van der Waals surface area contributed by atoms with Crippen molar-refractivity contribution in [2.24, 2.45) is 0 Å². The van der Waals surface area contributed by atoms with Gasteiger partial charge in [0.1, 0.15) is 36.1 Å². The highest BCUT2D eigenvalue weighted by Crippen LogP contribution is 2.42. The second-order valence-corrected chi connectivity index (χ2v) is 13.8. The first kappa shape index (κ1) is 32.5. The van der Waals surface area contributed by atoms with E-state index in [1.54, 1.807) is 61.5 Å². The van der Waals surface area contributed by atoms with E-state index >= 15 is 4.39 Å². The molecule has 0 bridgehead atoms. The van der Waals surface area contributed by atoms with Gasteiger partial charge in [0.2, 0.25) is 0 Å². The summed E-state index contributed by atoms with van der Waals surface area (Å²) in [6, 6.07) is 19.2. The Bertz CT molecular complexity index is 2040. The number of nitrogens with one attached hydrogen (secondary N) is 1. The summed E-state index contributed by atoms with van der Waals surface area (Å²) in [7, 11) is -3.68. The van der Waals surface area contributed by atoms with Crippen LogP contribution < -0.4 is 10.1 Å². The predicted molar refractivity (Wildman–Crippen MR) is 176 cm³/mol. The molecule has 9 nitrogen and oxygen atoms in total. The second-order valence-electron chi connectivity index (χ2n) is 10.8. The van der Waals surface area contributed by atoms with Gasteiger partial charge in [-0.3, -0.25) is 0 Å². The van der Waals surface area contributed by atoms with Gasteiger partial charge in [0.15, 0.2) is 20.5 Å². The van der Waals surface area contributed by atoms with E-state index in [2.05, 4.69) is 36.2 Å². The van der Waals surface area contributed by atoms with E-state index in [0.29, 0.717) is 44.6 Å². The maximum atomic E-state index is 15.8. The zero-order valence-electron chi connectivity index (χ0n) is 25.1. The molecule has 3 aromatic carbocycles. The van der Waals surface area contributed by atoms with Crippen molar-refractivity contribution in [3.8, 4) is 5.75 Å². The second kappa shape index (κ2) is 13.7. The van der Waals surface area contributed by atoms with Crippen LogP contribution >= 0.6 is 15.9 Å². The van der Waals surface area contributed by atoms with Crippen LogP contribution in [0.2, 0.25) is 0 Å². The minimum absolute atomic E-state index is 0.0385. The van der Waals surface area contributed by atoms with Gasteiger partial charge in [-0.2, -0.15) is 0 Å². The summed E-state index contributed by atoms with van der Waals surface area (Å²) in [6.45, 7) is 1.77. The summed E-state index contributed by atoms with van der Waals surface area (Å²) < 4.78 is 73.3. The van der Waals surface area contributed by atoms with Gasteiger partial charge in [-0.25, -0.2) is 32.2 Å². The predicted octanol–water partition coefficient (Wildman–Crippen LogP) is 7.40. The van der Waals surface area contributed by atoms with Crippen LogP contribution in [-0.4, -0.2) is 41.8 Å². The van der Waals surface area contributed by atoms with Gasteiger partial charge in [0.25, 0.3) is 0 Å². The third kappa shape index (κ3) is 7.11. The Hall–Kier alpha value is -4.46. The molecule has 6 rings (SSSR count). The van der Waals surface area contributed by atoms with Crippen LogP contribution in [0.15, 0.2) is 107 Å². The number of ether oxygens (including phenoxy) is 3. The maximum absolute atomic E-state index is 15.8. The Morgan fingerprint density at radius 3 is 2.66 bits per heavy atom. The number of anilines is 2. The molecule has 47 heavy (non-hydrogen) atoms. The van der Waals surface area contributed by atoms with Crippen LogP contribution in [0.25, 0.3) is 10.9 Å². The number of rotatable bonds is 12. The van der Waals surface area contributed by atoms with Gasteiger partial charge >= 0.3 is 0 Å². The van der Waals surface area contributed by atoms with E-state index in [0.717, 1.165) is 0 Å². The Morgan fingerprint density at radius 1 is 1.04 bits per heavy atom. The first-order valence-corrected chi connectivity index (χ1v) is 17.1. The quantitative estimate of drug-likeness (QED) is 0.141. The number of halogens is 3. The molecule has 1 N–H and O–H groups in total. The lowest BCUT2D eigenvalue weighted by Crippen LogP contribution is -2.40. The summed E-state index contributed by atoms with van der Waals surface area (Å²) in [5, 5.41) is 3.77. The molecule has 0 radical (unpaired) electrons. The minimum Gasteiger partial charge on any atom is -0.488 e. The Balaban J connectivity index is 1.22. The zero-order chi connectivity index (χ0) is 33.0. The summed E-state index contributed by atoms with van der Waals surface area (Å²) in [5.41, 5.74) is 0.691. The maximum Gasteiger partial charge on any atom is 0.197 e. The van der Waals surface area contributed by atoms with Crippen LogP contribution in [-0.2, 0) is 31.5 Å². The third-order valence-corrected chi connectivity index (χ3v) is 9.99. The normalized spacial score (nSPS) is 16.6. The fourth-order valence-corrected chi connectivity index (χ4v) is 6.85. The van der Waals surface area contributed by atoms with Crippen molar-refractivity contribution in [2.45, 2.75) is 36.7 Å². The van der Waals surface area contributed by atoms with Crippen molar-refractivity contribution in [1.29, 1.82) is 0 Å². The molecule has 1 aliphatic rings. The molecule has 5 aromatic rings. The van der Waals surface area contributed by atoms with Crippen LogP contribution in [0.1, 0.15) is 24.5 Å². The van der Waals surface area contributed by atoms with Gasteiger partial charge in [-0.15, -0.1) is 0 Å². The van der Waals surface area contributed by atoms with Crippen molar-refractivity contribution in [3.63, 3.8) is 0 Å². The number of benzene rings is 3. The molecule has 242 valence electrons. The first-order valence-electron chi connectivity index (χ1n) is 14.6. The Labute approximate surface area is 278 Å². The fourth-order valence-electron chi connectivity index (χ4n) is 5.32. The highest BCUT2D eigenvalue weighted by Gasteiger charge is 2.44. The van der Waals surface area contributed by atoms with Crippen LogP contribution in [0, 0.1) is 11.6 Å². The molecule has 1 aliphatic heterocycles. The largest absolute Gasteiger partial charge is 0.488 e. The summed E-state index contributed by atoms with van der Waals surface area (Å²) in [4.78, 5) is 12.6. The van der Waals surface area contributed by atoms with Gasteiger partial charge < -0.3 is 19.5 Å². The molecule has 13 heteroatoms. The molecular formula is C34H29BrF2N4O5S. The smallest absolute Gasteiger partial charge is 0.197 e. The number of aromatic nitrogens is 3. The number of nitrogens with zero attached hydrogens (tertiary/aromatic N) is 3. The number of sulfone groups is 1. The van der Waals surface area contributed by atoms with Crippen molar-refractivity contribution < 1.29 is 31.4 Å². The summed E-state index contributed by atoms with van der Waals surface area (Å²) in [5.74, 6) is -0.200. The fraction of sp³-hybridized carbons (Fsp3) is 0.206. The Morgan fingerprint density at radius 2 is 1.91 bits per heavy atom. The number of pyridine rings is 1. The molecule has 0 fully saturated rings. The van der Waals surface area contributed by atoms with Gasteiger partial charge in [-0.05, 0) is 83.0 Å². The van der Waals surface area contributed by atoms with Crippen LogP contribution in [0.5, 0.6) is 5.75 Å². The van der Waals surface area contributed by atoms with Crippen LogP contribution in [0.4, 0.5) is 20.3 Å². The van der Waals surface area contributed by atoms with Crippen molar-refractivity contribution in [3.05, 3.63) is 125 Å². The molecule has 3 heterocycles. The van der Waals surface area contributed by atoms with E-state index in [-0.39, 0.29) is 35.4 Å². The first-order chi connectivity index (χ1) is 22.6. The molecule has 0 aliphatic carbocycles. The van der Waals surface area contributed by atoms with E-state index < -0.39 is 27.4 Å². The highest BCUT2D eigenvalue weighted by molar-refractivity contribution is 9.10. The summed E-state index contributed by atoms with van der Waals surface area (Å²) in [6.07, 6.45) is 5.57. The van der Waals surface area contributed by atoms with E-state index in [9.17, 15) is 12.8 Å². The number of hydrogen-bond donors (Lipinski definition) is 1. The van der Waals surface area contributed by atoms with E-state index in [1.165, 1.54) is 43.1 Å². The number of fused-ring (bicyclic) bond motifs is 1. The van der Waals surface area contributed by atoms with Gasteiger partial charge in [0, 0.05) is 35.3 Å². The molecule has 2 unspecified atom stereocenters. The average Bonchev–Trinajstić information content (AvgIpc) is 3.56. The summed E-state index contributed by atoms with van der Waals surface area (Å²) >= 11 is 3.53. The molecule has 0 spiro atoms. The molecule has 0 saturated heterocycles. The van der Waals surface area contributed by atoms with Crippen molar-refractivity contribution in [1.82, 2.24) is 15.0 Å². The lowest BCUT2D eigenvalue weighted by atomic mass is 9.85. The van der Waals surface area contributed by atoms with E-state index in [1.807, 2.05) is 0 Å². The van der Waals surface area contributed by atoms with Crippen molar-refractivity contribution >= 4 is 48.2 Å². The monoisotopic (exact) mass is 722 g/mol. The molecule has 0 amide bonds. The molecular weight excluding hydrogens is 694 g/mol. The minimum atomic E-state index is -3.68. The third-order valence-electron chi connectivity index (χ3n) is 7.79. The molecule has 2 aromatic heterocycles. The Kier molecular flexibility index (Phi) is 9.48. The number of hydrogen-bond acceptors (Lipinski definition) is 9. The van der Waals surface area contributed by atoms with E-state index in [4.69, 9.17) is 14.2 Å². The molecule has 0 saturated carbocycles. The lowest BCUT2D eigenvalue weighted by Gasteiger charge is -2.35. The van der Waals surface area contributed by atoms with Crippen LogP contribution in [0.3, 0.4) is 0 Å². The lowest BCUT2D eigenvalue weighted by molar-refractivity contribution is -0.0981.